The maximum Gasteiger partial charge on any atom is 0.505 e. The minimum Gasteiger partial charge on any atom is -0.417 e. The van der Waals surface area contributed by atoms with Gasteiger partial charge in [0.25, 0.3) is 0 Å². The van der Waals surface area contributed by atoms with E-state index < -0.39 is 24.2 Å². The monoisotopic (exact) mass is 322 g/mol. The first-order valence-corrected chi connectivity index (χ1v) is 15.9. The minimum atomic E-state index is -2.60. The Morgan fingerprint density at radius 1 is 1.05 bits per heavy atom. The van der Waals surface area contributed by atoms with Crippen molar-refractivity contribution < 1.29 is 17.7 Å². The Kier molecular flexibility index (Phi) is 5.62. The Bertz CT molecular complexity index is 297. The summed E-state index contributed by atoms with van der Waals surface area (Å²) in [7, 11) is -0.316. The van der Waals surface area contributed by atoms with Crippen LogP contribution < -0.4 is 0 Å². The zero-order valence-electron chi connectivity index (χ0n) is 13.7. The molecule has 0 spiro atoms. The van der Waals surface area contributed by atoms with E-state index in [1.54, 1.807) is 21.3 Å². The van der Waals surface area contributed by atoms with Crippen molar-refractivity contribution in [3.63, 3.8) is 0 Å². The van der Waals surface area contributed by atoms with Gasteiger partial charge in [-0.1, -0.05) is 26.1 Å². The maximum atomic E-state index is 6.56. The van der Waals surface area contributed by atoms with Gasteiger partial charge >= 0.3 is 8.80 Å². The molecule has 0 aromatic carbocycles. The molecule has 1 heterocycles. The molecule has 2 atom stereocenters. The highest BCUT2D eigenvalue weighted by Gasteiger charge is 2.54. The van der Waals surface area contributed by atoms with E-state index in [0.29, 0.717) is 0 Å². The van der Waals surface area contributed by atoms with Crippen molar-refractivity contribution in [2.45, 2.75) is 57.2 Å². The number of hydrogen-bond acceptors (Lipinski definition) is 4. The van der Waals surface area contributed by atoms with Gasteiger partial charge in [0.15, 0.2) is 7.83 Å². The molecule has 0 aromatic rings. The van der Waals surface area contributed by atoms with Gasteiger partial charge in [0.2, 0.25) is 0 Å². The van der Waals surface area contributed by atoms with Crippen LogP contribution in [0.4, 0.5) is 0 Å². The lowest BCUT2D eigenvalue weighted by Crippen LogP contribution is -2.64. The third kappa shape index (κ3) is 3.22. The summed E-state index contributed by atoms with van der Waals surface area (Å²) in [5.74, 6) is 0. The Morgan fingerprint density at radius 3 is 1.89 bits per heavy atom. The van der Waals surface area contributed by atoms with E-state index >= 15 is 0 Å². The van der Waals surface area contributed by atoms with Gasteiger partial charge in [-0.25, -0.2) is 0 Å². The van der Waals surface area contributed by atoms with Crippen LogP contribution in [0.3, 0.4) is 0 Å². The van der Waals surface area contributed by atoms with Crippen molar-refractivity contribution >= 4 is 24.2 Å². The first-order chi connectivity index (χ1) is 8.65. The molecular weight excluding hydrogens is 292 g/mol. The van der Waals surface area contributed by atoms with E-state index in [-0.39, 0.29) is 11.6 Å². The maximum absolute atomic E-state index is 6.56. The van der Waals surface area contributed by atoms with Crippen molar-refractivity contribution in [1.29, 1.82) is 0 Å². The van der Waals surface area contributed by atoms with Crippen molar-refractivity contribution in [2.75, 3.05) is 21.3 Å². The third-order valence-corrected chi connectivity index (χ3v) is 24.9. The summed E-state index contributed by atoms with van der Waals surface area (Å²) < 4.78 is 23.4. The molecule has 1 rings (SSSR count). The first kappa shape index (κ1) is 17.5. The summed E-state index contributed by atoms with van der Waals surface area (Å²) in [6, 6.07) is 1.34. The van der Waals surface area contributed by atoms with Gasteiger partial charge in [-0.15, -0.1) is 0 Å². The Labute approximate surface area is 121 Å². The predicted octanol–water partition coefficient (Wildman–Crippen LogP) is 3.04. The van der Waals surface area contributed by atoms with Crippen LogP contribution in [0.15, 0.2) is 0 Å². The van der Waals surface area contributed by atoms with Gasteiger partial charge in [-0.05, 0) is 19.5 Å². The van der Waals surface area contributed by atoms with Crippen molar-refractivity contribution in [1.82, 2.24) is 0 Å². The van der Waals surface area contributed by atoms with E-state index in [4.69, 9.17) is 17.7 Å². The summed E-state index contributed by atoms with van der Waals surface area (Å²) in [6.45, 7) is 11.8. The smallest absolute Gasteiger partial charge is 0.417 e. The van der Waals surface area contributed by atoms with E-state index in [0.717, 1.165) is 6.42 Å². The van der Waals surface area contributed by atoms with Crippen LogP contribution >= 0.6 is 0 Å². The highest BCUT2D eigenvalue weighted by atomic mass is 29.3. The Morgan fingerprint density at radius 2 is 1.53 bits per heavy atom. The van der Waals surface area contributed by atoms with Crippen LogP contribution in [-0.4, -0.2) is 51.7 Å². The fraction of sp³-hybridized carbons (Fsp3) is 1.00. The Hall–Kier alpha value is 0.491. The van der Waals surface area contributed by atoms with E-state index in [9.17, 15) is 0 Å². The normalized spacial score (nSPS) is 28.1. The van der Waals surface area contributed by atoms with Gasteiger partial charge < -0.3 is 17.7 Å². The predicted molar refractivity (Wildman–Crippen MR) is 85.5 cm³/mol. The first-order valence-electron chi connectivity index (χ1n) is 6.99. The molecule has 114 valence electrons. The van der Waals surface area contributed by atoms with Crippen LogP contribution in [0.1, 0.15) is 13.3 Å². The second-order valence-electron chi connectivity index (χ2n) is 6.59. The lowest BCUT2D eigenvalue weighted by atomic mass is 10.2. The topological polar surface area (TPSA) is 36.9 Å². The molecule has 7 heteroatoms. The average Bonchev–Trinajstić information content (AvgIpc) is 2.35. The van der Waals surface area contributed by atoms with E-state index in [2.05, 4.69) is 33.1 Å². The molecule has 0 amide bonds. The molecule has 19 heavy (non-hydrogen) atoms. The highest BCUT2D eigenvalue weighted by molar-refractivity contribution is 7.38. The molecular formula is C12H30O4Si3. The molecule has 4 nitrogen and oxygen atoms in total. The fourth-order valence-electron chi connectivity index (χ4n) is 2.79. The molecule has 0 aromatic heterocycles. The van der Waals surface area contributed by atoms with Crippen LogP contribution in [0.5, 0.6) is 0 Å². The summed E-state index contributed by atoms with van der Waals surface area (Å²) in [4.78, 5) is 0. The fourth-order valence-corrected chi connectivity index (χ4v) is 11.9. The average molecular weight is 323 g/mol. The molecule has 1 fully saturated rings. The molecule has 1 saturated heterocycles. The van der Waals surface area contributed by atoms with Gasteiger partial charge in [0.05, 0.1) is 19.2 Å². The van der Waals surface area contributed by atoms with Gasteiger partial charge in [-0.3, -0.25) is 0 Å². The molecule has 0 bridgehead atoms. The van der Waals surface area contributed by atoms with E-state index in [1.165, 1.54) is 6.04 Å². The standard InChI is InChI=1S/C12H30O4Si3/c1-11(19(13-2,14-3)15-4)12-9-10-17(5,6)18(7,8)16-12/h11-12H,9-10H2,1-8H3. The van der Waals surface area contributed by atoms with Crippen molar-refractivity contribution in [3.05, 3.63) is 0 Å². The summed E-state index contributed by atoms with van der Waals surface area (Å²) >= 11 is 0. The molecule has 1 aliphatic heterocycles. The van der Waals surface area contributed by atoms with Crippen LogP contribution in [0, 0.1) is 0 Å². The van der Waals surface area contributed by atoms with Gasteiger partial charge in [0.1, 0.15) is 0 Å². The zero-order valence-corrected chi connectivity index (χ0v) is 16.7. The van der Waals surface area contributed by atoms with Crippen molar-refractivity contribution in [3.8, 4) is 0 Å². The summed E-state index contributed by atoms with van der Waals surface area (Å²) in [5, 5.41) is 0. The zero-order chi connectivity index (χ0) is 14.9. The lowest BCUT2D eigenvalue weighted by Gasteiger charge is -2.48. The molecule has 1 aliphatic rings. The third-order valence-electron chi connectivity index (χ3n) is 5.10. The van der Waals surface area contributed by atoms with Crippen LogP contribution in [0.2, 0.25) is 37.8 Å². The minimum absolute atomic E-state index is 0.185. The quantitative estimate of drug-likeness (QED) is 0.729. The molecule has 0 radical (unpaired) electrons. The summed E-state index contributed by atoms with van der Waals surface area (Å²) in [5.41, 5.74) is 0.185. The molecule has 0 N–H and O–H groups in total. The van der Waals surface area contributed by atoms with Gasteiger partial charge in [0, 0.05) is 21.3 Å². The second-order valence-corrected chi connectivity index (χ2v) is 25.1. The van der Waals surface area contributed by atoms with Crippen molar-refractivity contribution in [2.24, 2.45) is 0 Å². The SMILES string of the molecule is CO[Si](OC)(OC)C(C)C1CC[Si](C)(C)[Si](C)(C)O1. The highest BCUT2D eigenvalue weighted by Crippen LogP contribution is 2.40. The number of hydrogen-bond donors (Lipinski definition) is 0. The van der Waals surface area contributed by atoms with E-state index in [1.807, 2.05) is 0 Å². The Balaban J connectivity index is 2.88. The second kappa shape index (κ2) is 6.08. The van der Waals surface area contributed by atoms with Crippen LogP contribution in [-0.2, 0) is 17.7 Å². The van der Waals surface area contributed by atoms with Crippen LogP contribution in [0.25, 0.3) is 0 Å². The molecule has 0 saturated carbocycles. The van der Waals surface area contributed by atoms with Gasteiger partial charge in [-0.2, -0.15) is 0 Å². The molecule has 2 unspecified atom stereocenters. The number of rotatable bonds is 5. The lowest BCUT2D eigenvalue weighted by molar-refractivity contribution is 0.0788. The summed E-state index contributed by atoms with van der Waals surface area (Å²) in [6.07, 6.45) is 1.33. The largest absolute Gasteiger partial charge is 0.505 e. The molecule has 0 aliphatic carbocycles.